The van der Waals surface area contributed by atoms with E-state index in [4.69, 9.17) is 0 Å². The molecule has 0 saturated carbocycles. The second-order valence-electron chi connectivity index (χ2n) is 3.85. The molecule has 0 aliphatic heterocycles. The van der Waals surface area contributed by atoms with Gasteiger partial charge in [0.2, 0.25) is 0 Å². The molecule has 0 saturated heterocycles. The number of hydrogen-bond donors (Lipinski definition) is 0. The van der Waals surface area contributed by atoms with Crippen molar-refractivity contribution < 1.29 is 17.6 Å². The number of hydrogen-bond acceptors (Lipinski definition) is 1. The molecule has 1 nitrogen and oxygen atoms in total. The largest absolute Gasteiger partial charge is 0.417 e. The van der Waals surface area contributed by atoms with Crippen molar-refractivity contribution in [1.82, 2.24) is 4.98 Å². The second-order valence-corrected chi connectivity index (χ2v) is 3.85. The van der Waals surface area contributed by atoms with Gasteiger partial charge in [-0.1, -0.05) is 19.9 Å². The Kier molecular flexibility index (Phi) is 5.25. The fourth-order valence-electron chi connectivity index (χ4n) is 1.67. The average Bonchev–Trinajstić information content (AvgIpc) is 2.40. The molecule has 0 N–H and O–H groups in total. The third kappa shape index (κ3) is 3.79. The van der Waals surface area contributed by atoms with E-state index >= 15 is 0 Å². The molecule has 2 rings (SSSR count). The minimum atomic E-state index is -4.61. The lowest BCUT2D eigenvalue weighted by Gasteiger charge is -2.12. The zero-order chi connectivity index (χ0) is 15.3. The lowest BCUT2D eigenvalue weighted by molar-refractivity contribution is -0.137. The smallest absolute Gasteiger partial charge is 0.253 e. The van der Waals surface area contributed by atoms with E-state index in [1.54, 1.807) is 19.1 Å². The van der Waals surface area contributed by atoms with Crippen molar-refractivity contribution in [2.75, 3.05) is 0 Å². The predicted octanol–water partition coefficient (Wildman–Crippen LogP) is 5.24. The predicted molar refractivity (Wildman–Crippen MR) is 70.7 cm³/mol. The summed E-state index contributed by atoms with van der Waals surface area (Å²) in [7, 11) is 0. The minimum Gasteiger partial charge on any atom is -0.253 e. The van der Waals surface area contributed by atoms with E-state index in [0.717, 1.165) is 12.1 Å². The Labute approximate surface area is 115 Å². The summed E-state index contributed by atoms with van der Waals surface area (Å²) < 4.78 is 51.4. The van der Waals surface area contributed by atoms with Gasteiger partial charge in [-0.25, -0.2) is 4.39 Å². The molecule has 0 unspecified atom stereocenters. The maximum atomic E-state index is 13.0. The van der Waals surface area contributed by atoms with E-state index < -0.39 is 17.6 Å². The van der Waals surface area contributed by atoms with Crippen LogP contribution in [0.25, 0.3) is 11.3 Å². The molecule has 1 aromatic carbocycles. The molecular weight excluding hydrogens is 270 g/mol. The summed E-state index contributed by atoms with van der Waals surface area (Å²) in [4.78, 5) is 4.02. The van der Waals surface area contributed by atoms with Crippen molar-refractivity contribution in [3.05, 3.63) is 53.5 Å². The number of benzene rings is 1. The van der Waals surface area contributed by atoms with Gasteiger partial charge in [0.15, 0.2) is 0 Å². The van der Waals surface area contributed by atoms with Crippen LogP contribution in [0.5, 0.6) is 0 Å². The van der Waals surface area contributed by atoms with Gasteiger partial charge in [0, 0.05) is 11.3 Å². The summed E-state index contributed by atoms with van der Waals surface area (Å²) in [6.07, 6.45) is -4.61. The molecule has 0 amide bonds. The molecule has 1 aromatic heterocycles. The molecule has 0 aliphatic rings. The van der Waals surface area contributed by atoms with Crippen molar-refractivity contribution in [2.45, 2.75) is 26.9 Å². The Hall–Kier alpha value is -1.91. The van der Waals surface area contributed by atoms with Crippen LogP contribution in [0.1, 0.15) is 25.1 Å². The van der Waals surface area contributed by atoms with Gasteiger partial charge in [0.05, 0.1) is 11.3 Å². The molecule has 0 aliphatic carbocycles. The van der Waals surface area contributed by atoms with Crippen molar-refractivity contribution in [3.63, 3.8) is 0 Å². The van der Waals surface area contributed by atoms with E-state index in [-0.39, 0.29) is 11.3 Å². The average molecular weight is 285 g/mol. The van der Waals surface area contributed by atoms with E-state index in [0.29, 0.717) is 11.8 Å². The highest BCUT2D eigenvalue weighted by Crippen LogP contribution is 2.36. The van der Waals surface area contributed by atoms with E-state index in [1.165, 1.54) is 6.07 Å². The zero-order valence-electron chi connectivity index (χ0n) is 11.4. The molecule has 0 radical (unpaired) electrons. The monoisotopic (exact) mass is 285 g/mol. The number of aryl methyl sites for hydroxylation is 1. The molecular formula is C15H15F4N. The minimum absolute atomic E-state index is 0.118. The molecule has 108 valence electrons. The maximum absolute atomic E-state index is 13.0. The maximum Gasteiger partial charge on any atom is 0.417 e. The number of halogens is 4. The summed E-state index contributed by atoms with van der Waals surface area (Å²) >= 11 is 0. The molecule has 0 bridgehead atoms. The van der Waals surface area contributed by atoms with E-state index in [2.05, 4.69) is 4.98 Å². The normalized spacial score (nSPS) is 10.8. The lowest BCUT2D eigenvalue weighted by Crippen LogP contribution is -2.08. The van der Waals surface area contributed by atoms with Gasteiger partial charge in [-0.2, -0.15) is 13.2 Å². The van der Waals surface area contributed by atoms with Crippen molar-refractivity contribution >= 4 is 0 Å². The quantitative estimate of drug-likeness (QED) is 0.653. The number of nitrogens with zero attached hydrogens (tertiary/aromatic N) is 1. The van der Waals surface area contributed by atoms with Crippen LogP contribution in [-0.2, 0) is 6.18 Å². The summed E-state index contributed by atoms with van der Waals surface area (Å²) in [6, 6.07) is 7.34. The summed E-state index contributed by atoms with van der Waals surface area (Å²) in [5, 5.41) is 0. The first kappa shape index (κ1) is 16.1. The van der Waals surface area contributed by atoms with Gasteiger partial charge in [-0.05, 0) is 37.3 Å². The zero-order valence-corrected chi connectivity index (χ0v) is 11.4. The lowest BCUT2D eigenvalue weighted by atomic mass is 10.0. The van der Waals surface area contributed by atoms with E-state index in [9.17, 15) is 17.6 Å². The summed E-state index contributed by atoms with van der Waals surface area (Å²) in [5.74, 6) is -0.918. The Balaban J connectivity index is 0.000000956. The Morgan fingerprint density at radius 2 is 1.65 bits per heavy atom. The molecule has 2 aromatic rings. The fourth-order valence-corrected chi connectivity index (χ4v) is 1.67. The number of alkyl halides is 3. The van der Waals surface area contributed by atoms with E-state index in [1.807, 2.05) is 13.8 Å². The van der Waals surface area contributed by atoms with Gasteiger partial charge >= 0.3 is 6.18 Å². The van der Waals surface area contributed by atoms with Crippen LogP contribution in [0.4, 0.5) is 17.6 Å². The molecule has 0 fully saturated rings. The SMILES string of the molecule is CC.Cc1cccc(-c2ccc(F)cc2C(F)(F)F)n1. The van der Waals surface area contributed by atoms with Crippen LogP contribution >= 0.6 is 0 Å². The van der Waals surface area contributed by atoms with Gasteiger partial charge in [0.1, 0.15) is 5.82 Å². The topological polar surface area (TPSA) is 12.9 Å². The molecule has 5 heteroatoms. The van der Waals surface area contributed by atoms with Gasteiger partial charge in [-0.3, -0.25) is 4.98 Å². The van der Waals surface area contributed by atoms with Crippen molar-refractivity contribution in [1.29, 1.82) is 0 Å². The van der Waals surface area contributed by atoms with Crippen molar-refractivity contribution in [2.24, 2.45) is 0 Å². The number of rotatable bonds is 1. The second kappa shape index (κ2) is 6.50. The molecule has 0 spiro atoms. The summed E-state index contributed by atoms with van der Waals surface area (Å²) in [5.41, 5.74) is -0.347. The fraction of sp³-hybridized carbons (Fsp3) is 0.267. The van der Waals surface area contributed by atoms with Crippen LogP contribution in [0.3, 0.4) is 0 Å². The van der Waals surface area contributed by atoms with Crippen LogP contribution in [-0.4, -0.2) is 4.98 Å². The highest BCUT2D eigenvalue weighted by Gasteiger charge is 2.34. The van der Waals surface area contributed by atoms with Gasteiger partial charge in [-0.15, -0.1) is 0 Å². The van der Waals surface area contributed by atoms with Crippen LogP contribution < -0.4 is 0 Å². The Bertz CT molecular complexity index is 576. The van der Waals surface area contributed by atoms with Gasteiger partial charge in [0.25, 0.3) is 0 Å². The first-order valence-corrected chi connectivity index (χ1v) is 6.19. The van der Waals surface area contributed by atoms with Crippen molar-refractivity contribution in [3.8, 4) is 11.3 Å². The third-order valence-corrected chi connectivity index (χ3v) is 2.45. The highest BCUT2D eigenvalue weighted by molar-refractivity contribution is 5.64. The number of aromatic nitrogens is 1. The third-order valence-electron chi connectivity index (χ3n) is 2.45. The first-order chi connectivity index (χ1) is 9.38. The first-order valence-electron chi connectivity index (χ1n) is 6.19. The molecule has 0 atom stereocenters. The standard InChI is InChI=1S/C13H9F4N.C2H6/c1-8-3-2-4-12(18-8)10-6-5-9(14)7-11(10)13(15,16)17;1-2/h2-7H,1H3;1-2H3. The highest BCUT2D eigenvalue weighted by atomic mass is 19.4. The Morgan fingerprint density at radius 1 is 1.00 bits per heavy atom. The Morgan fingerprint density at radius 3 is 2.20 bits per heavy atom. The van der Waals surface area contributed by atoms with Crippen LogP contribution in [0, 0.1) is 12.7 Å². The molecule has 1 heterocycles. The molecule has 20 heavy (non-hydrogen) atoms. The van der Waals surface area contributed by atoms with Gasteiger partial charge < -0.3 is 0 Å². The summed E-state index contributed by atoms with van der Waals surface area (Å²) in [6.45, 7) is 5.68. The number of pyridine rings is 1. The van der Waals surface area contributed by atoms with Crippen LogP contribution in [0.15, 0.2) is 36.4 Å². The van der Waals surface area contributed by atoms with Crippen LogP contribution in [0.2, 0.25) is 0 Å².